The third-order valence-electron chi connectivity index (χ3n) is 6.19. The summed E-state index contributed by atoms with van der Waals surface area (Å²) in [5.41, 5.74) is 2.97. The molecule has 9 heteroatoms. The molecule has 198 valence electrons. The zero-order valence-corrected chi connectivity index (χ0v) is 22.4. The third kappa shape index (κ3) is 7.01. The molecule has 1 fully saturated rings. The summed E-state index contributed by atoms with van der Waals surface area (Å²) in [6, 6.07) is 22.1. The van der Waals surface area contributed by atoms with Crippen LogP contribution in [0, 0.1) is 0 Å². The van der Waals surface area contributed by atoms with Gasteiger partial charge >= 0.3 is 0 Å². The van der Waals surface area contributed by atoms with Gasteiger partial charge in [0.15, 0.2) is 5.11 Å². The van der Waals surface area contributed by atoms with Crippen molar-refractivity contribution in [2.75, 3.05) is 50.1 Å². The molecule has 1 aliphatic rings. The van der Waals surface area contributed by atoms with Crippen molar-refractivity contribution in [1.29, 1.82) is 0 Å². The molecule has 0 aromatic heterocycles. The Hall–Kier alpha value is -4.11. The van der Waals surface area contributed by atoms with E-state index in [4.69, 9.17) is 21.7 Å². The average Bonchev–Trinajstić information content (AvgIpc) is 2.96. The average molecular weight is 533 g/mol. The van der Waals surface area contributed by atoms with Crippen molar-refractivity contribution in [3.63, 3.8) is 0 Å². The molecule has 0 aliphatic carbocycles. The second-order valence-corrected chi connectivity index (χ2v) is 9.25. The first kappa shape index (κ1) is 26.9. The Bertz CT molecular complexity index is 1260. The summed E-state index contributed by atoms with van der Waals surface area (Å²) in [6.07, 6.45) is 0.893. The van der Waals surface area contributed by atoms with Gasteiger partial charge in [0.2, 0.25) is 0 Å². The van der Waals surface area contributed by atoms with E-state index in [9.17, 15) is 9.59 Å². The summed E-state index contributed by atoms with van der Waals surface area (Å²) < 4.78 is 10.8. The van der Waals surface area contributed by atoms with Crippen LogP contribution in [0.3, 0.4) is 0 Å². The Labute approximate surface area is 228 Å². The molecule has 3 aromatic rings. The number of anilines is 2. The molecule has 1 aliphatic heterocycles. The van der Waals surface area contributed by atoms with Crippen molar-refractivity contribution >= 4 is 40.5 Å². The van der Waals surface area contributed by atoms with Gasteiger partial charge in [-0.1, -0.05) is 13.0 Å². The van der Waals surface area contributed by atoms with Gasteiger partial charge in [-0.2, -0.15) is 0 Å². The minimum Gasteiger partial charge on any atom is -0.497 e. The molecule has 2 N–H and O–H groups in total. The third-order valence-corrected chi connectivity index (χ3v) is 6.39. The lowest BCUT2D eigenvalue weighted by atomic mass is 10.1. The van der Waals surface area contributed by atoms with Crippen LogP contribution in [0.15, 0.2) is 72.8 Å². The van der Waals surface area contributed by atoms with Crippen molar-refractivity contribution in [3.05, 3.63) is 83.9 Å². The van der Waals surface area contributed by atoms with Gasteiger partial charge in [0.1, 0.15) is 11.5 Å². The first-order chi connectivity index (χ1) is 18.5. The Kier molecular flexibility index (Phi) is 9.16. The molecule has 4 rings (SSSR count). The molecular weight excluding hydrogens is 500 g/mol. The summed E-state index contributed by atoms with van der Waals surface area (Å²) in [6.45, 7) is 5.39. The number of carbonyl (C=O) groups is 2. The van der Waals surface area contributed by atoms with Crippen LogP contribution in [0.4, 0.5) is 11.4 Å². The molecule has 1 heterocycles. The summed E-state index contributed by atoms with van der Waals surface area (Å²) in [4.78, 5) is 29.5. The number of methoxy groups -OCH3 is 1. The van der Waals surface area contributed by atoms with Crippen molar-refractivity contribution in [3.8, 4) is 11.5 Å². The van der Waals surface area contributed by atoms with Gasteiger partial charge in [0.25, 0.3) is 11.8 Å². The van der Waals surface area contributed by atoms with Crippen molar-refractivity contribution in [1.82, 2.24) is 10.2 Å². The number of nitrogens with one attached hydrogen (secondary N) is 2. The number of nitrogens with zero attached hydrogens (tertiary/aromatic N) is 2. The van der Waals surface area contributed by atoms with Crippen LogP contribution < -0.4 is 25.0 Å². The Balaban J connectivity index is 1.26. The lowest BCUT2D eigenvalue weighted by Crippen LogP contribution is -2.48. The van der Waals surface area contributed by atoms with E-state index < -0.39 is 0 Å². The molecule has 0 spiro atoms. The maximum absolute atomic E-state index is 12.8. The number of hydrogen-bond donors (Lipinski definition) is 2. The quantitative estimate of drug-likeness (QED) is 0.411. The van der Waals surface area contributed by atoms with Gasteiger partial charge in [-0.3, -0.25) is 14.9 Å². The van der Waals surface area contributed by atoms with E-state index >= 15 is 0 Å². The van der Waals surface area contributed by atoms with Crippen molar-refractivity contribution in [2.24, 2.45) is 0 Å². The summed E-state index contributed by atoms with van der Waals surface area (Å²) >= 11 is 5.34. The lowest BCUT2D eigenvalue weighted by Gasteiger charge is -2.36. The molecule has 1 saturated heterocycles. The highest BCUT2D eigenvalue weighted by molar-refractivity contribution is 7.80. The highest BCUT2D eigenvalue weighted by atomic mass is 32.1. The van der Waals surface area contributed by atoms with E-state index in [1.54, 1.807) is 49.6 Å². The monoisotopic (exact) mass is 532 g/mol. The fourth-order valence-electron chi connectivity index (χ4n) is 4.12. The van der Waals surface area contributed by atoms with Crippen LogP contribution in [0.25, 0.3) is 0 Å². The highest BCUT2D eigenvalue weighted by Gasteiger charge is 2.22. The summed E-state index contributed by atoms with van der Waals surface area (Å²) in [5, 5.41) is 5.99. The predicted molar refractivity (Wildman–Crippen MR) is 153 cm³/mol. The van der Waals surface area contributed by atoms with Crippen LogP contribution in [-0.2, 0) is 0 Å². The van der Waals surface area contributed by atoms with Crippen LogP contribution in [0.1, 0.15) is 34.1 Å². The second kappa shape index (κ2) is 12.9. The first-order valence-corrected chi connectivity index (χ1v) is 13.0. The number of rotatable bonds is 8. The summed E-state index contributed by atoms with van der Waals surface area (Å²) in [5.74, 6) is 1.11. The number of thiocarbonyl (C=S) groups is 1. The Morgan fingerprint density at radius 3 is 2.26 bits per heavy atom. The smallest absolute Gasteiger partial charge is 0.257 e. The van der Waals surface area contributed by atoms with E-state index in [0.717, 1.165) is 36.6 Å². The van der Waals surface area contributed by atoms with E-state index in [1.165, 1.54) is 0 Å². The predicted octanol–water partition coefficient (Wildman–Crippen LogP) is 4.57. The van der Waals surface area contributed by atoms with Crippen LogP contribution in [0.2, 0.25) is 0 Å². The molecule has 0 saturated carbocycles. The number of ether oxygens (including phenoxy) is 2. The van der Waals surface area contributed by atoms with Gasteiger partial charge in [-0.25, -0.2) is 0 Å². The van der Waals surface area contributed by atoms with Crippen LogP contribution >= 0.6 is 12.2 Å². The molecule has 0 atom stereocenters. The molecule has 2 amide bonds. The normalized spacial score (nSPS) is 13.0. The van der Waals surface area contributed by atoms with E-state index in [2.05, 4.69) is 15.5 Å². The molecule has 0 radical (unpaired) electrons. The summed E-state index contributed by atoms with van der Waals surface area (Å²) in [7, 11) is 1.61. The Morgan fingerprint density at radius 2 is 1.61 bits per heavy atom. The standard InChI is InChI=1S/C29H32N4O4S/c1-3-19-37-26-6-4-5-22(20-26)27(34)31-29(38)30-23-9-11-24(12-10-23)32-15-17-33(18-16-32)28(35)21-7-13-25(36-2)14-8-21/h4-14,20H,3,15-19H2,1-2H3,(H2,30,31,34,38). The van der Waals surface area contributed by atoms with Gasteiger partial charge < -0.3 is 24.6 Å². The molecule has 8 nitrogen and oxygen atoms in total. The molecule has 3 aromatic carbocycles. The van der Waals surface area contributed by atoms with Crippen molar-refractivity contribution < 1.29 is 19.1 Å². The van der Waals surface area contributed by atoms with E-state index in [1.807, 2.05) is 42.2 Å². The molecule has 0 unspecified atom stereocenters. The van der Waals surface area contributed by atoms with E-state index in [-0.39, 0.29) is 16.9 Å². The SMILES string of the molecule is CCCOc1cccc(C(=O)NC(=S)Nc2ccc(N3CCN(C(=O)c4ccc(OC)cc4)CC3)cc2)c1. The van der Waals surface area contributed by atoms with Crippen LogP contribution in [0.5, 0.6) is 11.5 Å². The fourth-order valence-corrected chi connectivity index (χ4v) is 4.33. The number of benzene rings is 3. The molecule has 0 bridgehead atoms. The van der Waals surface area contributed by atoms with Gasteiger partial charge in [-0.15, -0.1) is 0 Å². The zero-order chi connectivity index (χ0) is 26.9. The largest absolute Gasteiger partial charge is 0.497 e. The van der Waals surface area contributed by atoms with E-state index in [0.29, 0.717) is 36.6 Å². The van der Waals surface area contributed by atoms with Gasteiger partial charge in [0, 0.05) is 48.7 Å². The minimum atomic E-state index is -0.303. The topological polar surface area (TPSA) is 83.1 Å². The lowest BCUT2D eigenvalue weighted by molar-refractivity contribution is 0.0746. The highest BCUT2D eigenvalue weighted by Crippen LogP contribution is 2.21. The fraction of sp³-hybridized carbons (Fsp3) is 0.276. The molecule has 38 heavy (non-hydrogen) atoms. The van der Waals surface area contributed by atoms with Crippen molar-refractivity contribution in [2.45, 2.75) is 13.3 Å². The number of carbonyl (C=O) groups excluding carboxylic acids is 2. The maximum Gasteiger partial charge on any atom is 0.257 e. The Morgan fingerprint density at radius 1 is 0.895 bits per heavy atom. The number of amides is 2. The van der Waals surface area contributed by atoms with Gasteiger partial charge in [0.05, 0.1) is 13.7 Å². The first-order valence-electron chi connectivity index (χ1n) is 12.6. The minimum absolute atomic E-state index is 0.0302. The number of hydrogen-bond acceptors (Lipinski definition) is 6. The number of piperazine rings is 1. The second-order valence-electron chi connectivity index (χ2n) is 8.84. The zero-order valence-electron chi connectivity index (χ0n) is 21.6. The maximum atomic E-state index is 12.8. The molecular formula is C29H32N4O4S. The van der Waals surface area contributed by atoms with Gasteiger partial charge in [-0.05, 0) is 85.4 Å². The van der Waals surface area contributed by atoms with Crippen LogP contribution in [-0.4, -0.2) is 61.7 Å².